The second-order valence-electron chi connectivity index (χ2n) is 3.11. The number of ether oxygens (including phenoxy) is 1. The Morgan fingerprint density at radius 3 is 2.67 bits per heavy atom. The second kappa shape index (κ2) is 3.25. The van der Waals surface area contributed by atoms with Gasteiger partial charge in [0.1, 0.15) is 6.23 Å². The maximum absolute atomic E-state index is 5.41. The summed E-state index contributed by atoms with van der Waals surface area (Å²) in [6.45, 7) is 2.81. The molecule has 1 fully saturated rings. The zero-order chi connectivity index (χ0) is 8.39. The lowest BCUT2D eigenvalue weighted by Gasteiger charge is -2.08. The van der Waals surface area contributed by atoms with E-state index in [9.17, 15) is 0 Å². The van der Waals surface area contributed by atoms with Crippen molar-refractivity contribution in [1.29, 1.82) is 0 Å². The highest BCUT2D eigenvalue weighted by molar-refractivity contribution is 5.19. The quantitative estimate of drug-likeness (QED) is 0.680. The average molecular weight is 163 g/mol. The van der Waals surface area contributed by atoms with Crippen LogP contribution in [-0.2, 0) is 4.74 Å². The van der Waals surface area contributed by atoms with Crippen molar-refractivity contribution in [3.8, 4) is 0 Å². The molecule has 0 amide bonds. The van der Waals surface area contributed by atoms with Crippen molar-refractivity contribution >= 4 is 0 Å². The molecular formula is C10H13NO. The number of benzene rings is 1. The minimum Gasteiger partial charge on any atom is -0.362 e. The van der Waals surface area contributed by atoms with Crippen molar-refractivity contribution in [3.05, 3.63) is 35.9 Å². The largest absolute Gasteiger partial charge is 0.362 e. The summed E-state index contributed by atoms with van der Waals surface area (Å²) < 4.78 is 5.41. The molecule has 0 spiro atoms. The Labute approximate surface area is 72.5 Å². The minimum absolute atomic E-state index is 0.190. The van der Waals surface area contributed by atoms with E-state index in [0.29, 0.717) is 6.04 Å². The van der Waals surface area contributed by atoms with Gasteiger partial charge in [-0.1, -0.05) is 30.3 Å². The fraction of sp³-hybridized carbons (Fsp3) is 0.400. The van der Waals surface area contributed by atoms with Crippen molar-refractivity contribution in [2.75, 3.05) is 6.61 Å². The molecule has 2 unspecified atom stereocenters. The molecule has 1 saturated heterocycles. The van der Waals surface area contributed by atoms with Gasteiger partial charge < -0.3 is 4.74 Å². The third kappa shape index (κ3) is 1.49. The van der Waals surface area contributed by atoms with Crippen LogP contribution >= 0.6 is 0 Å². The van der Waals surface area contributed by atoms with E-state index in [4.69, 9.17) is 4.74 Å². The lowest BCUT2D eigenvalue weighted by Crippen LogP contribution is -2.21. The summed E-state index contributed by atoms with van der Waals surface area (Å²) in [4.78, 5) is 0. The Hall–Kier alpha value is -0.860. The molecule has 1 aliphatic heterocycles. The summed E-state index contributed by atoms with van der Waals surface area (Å²) in [7, 11) is 0. The molecule has 0 saturated carbocycles. The van der Waals surface area contributed by atoms with E-state index in [2.05, 4.69) is 29.6 Å². The van der Waals surface area contributed by atoms with Crippen LogP contribution in [-0.4, -0.2) is 12.8 Å². The Bertz CT molecular complexity index is 247. The zero-order valence-electron chi connectivity index (χ0n) is 7.16. The smallest absolute Gasteiger partial charge is 0.105 e. The monoisotopic (exact) mass is 163 g/mol. The molecule has 0 bridgehead atoms. The van der Waals surface area contributed by atoms with Crippen LogP contribution in [0, 0.1) is 0 Å². The van der Waals surface area contributed by atoms with Gasteiger partial charge in [0, 0.05) is 0 Å². The Kier molecular flexibility index (Phi) is 2.11. The maximum Gasteiger partial charge on any atom is 0.105 e. The first-order chi connectivity index (χ1) is 5.86. The molecule has 1 aromatic carbocycles. The predicted octanol–water partition coefficient (Wildman–Crippen LogP) is 1.69. The van der Waals surface area contributed by atoms with E-state index in [1.165, 1.54) is 5.56 Å². The van der Waals surface area contributed by atoms with Gasteiger partial charge in [-0.2, -0.15) is 0 Å². The summed E-state index contributed by atoms with van der Waals surface area (Å²) in [5, 5.41) is 3.35. The van der Waals surface area contributed by atoms with Gasteiger partial charge in [0.05, 0.1) is 12.6 Å². The minimum atomic E-state index is 0.190. The van der Waals surface area contributed by atoms with Crippen LogP contribution in [0.5, 0.6) is 0 Å². The van der Waals surface area contributed by atoms with E-state index in [0.717, 1.165) is 6.61 Å². The number of hydrogen-bond acceptors (Lipinski definition) is 2. The second-order valence-corrected chi connectivity index (χ2v) is 3.11. The summed E-state index contributed by atoms with van der Waals surface area (Å²) in [6, 6.07) is 10.8. The van der Waals surface area contributed by atoms with E-state index in [-0.39, 0.29) is 6.23 Å². The average Bonchev–Trinajstić information content (AvgIpc) is 2.54. The van der Waals surface area contributed by atoms with Gasteiger partial charge in [0.25, 0.3) is 0 Å². The standard InChI is InChI=1S/C10H13NO/c1-8-11-10(7-12-8)9-5-3-2-4-6-9/h2-6,8,10-11H,7H2,1H3. The molecule has 2 rings (SSSR count). The van der Waals surface area contributed by atoms with Crippen LogP contribution in [0.15, 0.2) is 30.3 Å². The highest BCUT2D eigenvalue weighted by atomic mass is 16.5. The molecule has 2 heteroatoms. The fourth-order valence-electron chi connectivity index (χ4n) is 1.50. The highest BCUT2D eigenvalue weighted by Crippen LogP contribution is 2.18. The first-order valence-electron chi connectivity index (χ1n) is 4.29. The summed E-state index contributed by atoms with van der Waals surface area (Å²) in [6.07, 6.45) is 0.190. The maximum atomic E-state index is 5.41. The first kappa shape index (κ1) is 7.77. The Balaban J connectivity index is 2.11. The van der Waals surface area contributed by atoms with Gasteiger partial charge in [0.15, 0.2) is 0 Å². The van der Waals surface area contributed by atoms with Crippen molar-refractivity contribution in [3.63, 3.8) is 0 Å². The van der Waals surface area contributed by atoms with Crippen LogP contribution in [0.3, 0.4) is 0 Å². The van der Waals surface area contributed by atoms with Gasteiger partial charge in [0.2, 0.25) is 0 Å². The molecule has 1 aliphatic rings. The number of rotatable bonds is 1. The SMILES string of the molecule is CC1NC(c2ccccc2)CO1. The van der Waals surface area contributed by atoms with Gasteiger partial charge in [-0.15, -0.1) is 0 Å². The fourth-order valence-corrected chi connectivity index (χ4v) is 1.50. The predicted molar refractivity (Wildman–Crippen MR) is 47.7 cm³/mol. The van der Waals surface area contributed by atoms with E-state index in [1.807, 2.05) is 13.0 Å². The Morgan fingerprint density at radius 1 is 1.33 bits per heavy atom. The first-order valence-corrected chi connectivity index (χ1v) is 4.29. The zero-order valence-corrected chi connectivity index (χ0v) is 7.16. The van der Waals surface area contributed by atoms with Crippen LogP contribution in [0.4, 0.5) is 0 Å². The van der Waals surface area contributed by atoms with Crippen molar-refractivity contribution in [1.82, 2.24) is 5.32 Å². The van der Waals surface area contributed by atoms with E-state index < -0.39 is 0 Å². The molecule has 2 nitrogen and oxygen atoms in total. The van der Waals surface area contributed by atoms with Crippen LogP contribution < -0.4 is 5.32 Å². The van der Waals surface area contributed by atoms with Crippen LogP contribution in [0.25, 0.3) is 0 Å². The third-order valence-electron chi connectivity index (χ3n) is 2.15. The van der Waals surface area contributed by atoms with Crippen LogP contribution in [0.2, 0.25) is 0 Å². The summed E-state index contributed by atoms with van der Waals surface area (Å²) in [5.41, 5.74) is 1.31. The van der Waals surface area contributed by atoms with E-state index in [1.54, 1.807) is 0 Å². The highest BCUT2D eigenvalue weighted by Gasteiger charge is 2.21. The lowest BCUT2D eigenvalue weighted by molar-refractivity contribution is 0.115. The number of nitrogens with one attached hydrogen (secondary N) is 1. The molecule has 2 atom stereocenters. The van der Waals surface area contributed by atoms with Gasteiger partial charge in [-0.25, -0.2) is 0 Å². The molecule has 0 aliphatic carbocycles. The molecule has 1 aromatic rings. The molecule has 1 N–H and O–H groups in total. The van der Waals surface area contributed by atoms with Crippen molar-refractivity contribution < 1.29 is 4.74 Å². The lowest BCUT2D eigenvalue weighted by atomic mass is 10.1. The van der Waals surface area contributed by atoms with Gasteiger partial charge >= 0.3 is 0 Å². The number of hydrogen-bond donors (Lipinski definition) is 1. The Morgan fingerprint density at radius 2 is 2.08 bits per heavy atom. The molecule has 0 radical (unpaired) electrons. The summed E-state index contributed by atoms with van der Waals surface area (Å²) >= 11 is 0. The van der Waals surface area contributed by atoms with Crippen molar-refractivity contribution in [2.24, 2.45) is 0 Å². The van der Waals surface area contributed by atoms with Crippen LogP contribution in [0.1, 0.15) is 18.5 Å². The third-order valence-corrected chi connectivity index (χ3v) is 2.15. The van der Waals surface area contributed by atoms with E-state index >= 15 is 0 Å². The summed E-state index contributed by atoms with van der Waals surface area (Å²) in [5.74, 6) is 0. The normalized spacial score (nSPS) is 29.1. The van der Waals surface area contributed by atoms with Gasteiger partial charge in [-0.05, 0) is 12.5 Å². The molecule has 1 heterocycles. The molecular weight excluding hydrogens is 150 g/mol. The van der Waals surface area contributed by atoms with Crippen molar-refractivity contribution in [2.45, 2.75) is 19.2 Å². The molecule has 64 valence electrons. The topological polar surface area (TPSA) is 21.3 Å². The van der Waals surface area contributed by atoms with Gasteiger partial charge in [-0.3, -0.25) is 5.32 Å². The molecule has 12 heavy (non-hydrogen) atoms. The molecule has 0 aromatic heterocycles.